The molecule has 130 valence electrons. The molecule has 0 aliphatic carbocycles. The Balaban J connectivity index is 1.38. The Labute approximate surface area is 151 Å². The first-order valence-corrected chi connectivity index (χ1v) is 9.60. The van der Waals surface area contributed by atoms with Gasteiger partial charge in [-0.1, -0.05) is 6.07 Å². The molecule has 0 saturated carbocycles. The normalized spacial score (nSPS) is 15.6. The molecule has 1 aliphatic heterocycles. The van der Waals surface area contributed by atoms with Gasteiger partial charge in [0.05, 0.1) is 4.88 Å². The van der Waals surface area contributed by atoms with Crippen molar-refractivity contribution in [3.8, 4) is 5.00 Å². The summed E-state index contributed by atoms with van der Waals surface area (Å²) in [6.07, 6.45) is 0. The fourth-order valence-electron chi connectivity index (χ4n) is 2.73. The minimum atomic E-state index is -0.250. The van der Waals surface area contributed by atoms with E-state index in [2.05, 4.69) is 15.3 Å². The number of piperazine rings is 1. The van der Waals surface area contributed by atoms with Crippen molar-refractivity contribution in [2.75, 3.05) is 26.2 Å². The smallest absolute Gasteiger partial charge is 0.335 e. The number of rotatable bonds is 4. The third-order valence-electron chi connectivity index (χ3n) is 4.08. The Morgan fingerprint density at radius 1 is 1.04 bits per heavy atom. The van der Waals surface area contributed by atoms with Gasteiger partial charge in [-0.15, -0.1) is 22.7 Å². The summed E-state index contributed by atoms with van der Waals surface area (Å²) in [6.45, 7) is 3.07. The molecule has 4 heterocycles. The molecule has 4 rings (SSSR count). The molecule has 3 aromatic rings. The summed E-state index contributed by atoms with van der Waals surface area (Å²) in [7, 11) is 0. The molecule has 1 amide bonds. The number of nitrogens with zero attached hydrogens (tertiary/aromatic N) is 6. The first kappa shape index (κ1) is 16.2. The van der Waals surface area contributed by atoms with Gasteiger partial charge in [0, 0.05) is 26.2 Å². The third-order valence-corrected chi connectivity index (χ3v) is 5.78. The fourth-order valence-corrected chi connectivity index (χ4v) is 4.09. The van der Waals surface area contributed by atoms with E-state index in [9.17, 15) is 9.59 Å². The van der Waals surface area contributed by atoms with Crippen LogP contribution in [0.15, 0.2) is 39.8 Å². The second-order valence-corrected chi connectivity index (χ2v) is 7.53. The van der Waals surface area contributed by atoms with Crippen LogP contribution in [0.5, 0.6) is 0 Å². The number of hydrogen-bond donors (Lipinski definition) is 0. The number of amides is 1. The van der Waals surface area contributed by atoms with Gasteiger partial charge in [-0.3, -0.25) is 9.69 Å². The van der Waals surface area contributed by atoms with Crippen LogP contribution in [0, 0.1) is 0 Å². The minimum Gasteiger partial charge on any atom is -0.335 e. The zero-order valence-corrected chi connectivity index (χ0v) is 14.9. The van der Waals surface area contributed by atoms with Gasteiger partial charge in [-0.25, -0.2) is 4.79 Å². The zero-order valence-electron chi connectivity index (χ0n) is 13.3. The number of carbonyl (C=O) groups excluding carboxylic acids is 1. The average molecular weight is 376 g/mol. The van der Waals surface area contributed by atoms with E-state index in [0.717, 1.165) is 9.88 Å². The summed E-state index contributed by atoms with van der Waals surface area (Å²) in [6, 6.07) is 7.44. The van der Waals surface area contributed by atoms with Gasteiger partial charge in [0.25, 0.3) is 5.91 Å². The molecule has 0 unspecified atom stereocenters. The molecule has 8 nitrogen and oxygen atoms in total. The molecule has 0 atom stereocenters. The van der Waals surface area contributed by atoms with Crippen LogP contribution in [0.2, 0.25) is 0 Å². The Hall–Kier alpha value is -2.30. The van der Waals surface area contributed by atoms with E-state index in [-0.39, 0.29) is 11.6 Å². The van der Waals surface area contributed by atoms with Gasteiger partial charge in [0.1, 0.15) is 11.7 Å². The van der Waals surface area contributed by atoms with Gasteiger partial charge in [0.2, 0.25) is 0 Å². The summed E-state index contributed by atoms with van der Waals surface area (Å²) in [5, 5.41) is 12.5. The van der Waals surface area contributed by atoms with E-state index < -0.39 is 0 Å². The fraction of sp³-hybridized carbons (Fsp3) is 0.333. The number of carbonyl (C=O) groups is 1. The van der Waals surface area contributed by atoms with E-state index >= 15 is 0 Å². The maximum absolute atomic E-state index is 12.4. The third kappa shape index (κ3) is 3.28. The van der Waals surface area contributed by atoms with Crippen LogP contribution < -0.4 is 5.69 Å². The lowest BCUT2D eigenvalue weighted by Crippen LogP contribution is -2.49. The summed E-state index contributed by atoms with van der Waals surface area (Å²) in [5.41, 5.74) is -0.250. The minimum absolute atomic E-state index is 0.0791. The highest BCUT2D eigenvalue weighted by molar-refractivity contribution is 7.12. The largest absolute Gasteiger partial charge is 0.370 e. The molecular formula is C15H16N6O2S2. The Morgan fingerprint density at radius 2 is 1.80 bits per heavy atom. The number of hydrogen-bond acceptors (Lipinski definition) is 7. The van der Waals surface area contributed by atoms with Crippen LogP contribution in [0.4, 0.5) is 0 Å². The molecule has 0 radical (unpaired) electrons. The van der Waals surface area contributed by atoms with Gasteiger partial charge in [-0.05, 0) is 39.4 Å². The average Bonchev–Trinajstić information content (AvgIpc) is 3.38. The highest BCUT2D eigenvalue weighted by Crippen LogP contribution is 2.14. The molecule has 25 heavy (non-hydrogen) atoms. The maximum atomic E-state index is 12.4. The van der Waals surface area contributed by atoms with Gasteiger partial charge < -0.3 is 4.90 Å². The molecule has 1 fully saturated rings. The number of aromatic nitrogens is 4. The topological polar surface area (TPSA) is 76.3 Å². The molecule has 0 aromatic carbocycles. The van der Waals surface area contributed by atoms with Crippen LogP contribution in [0.3, 0.4) is 0 Å². The predicted octanol–water partition coefficient (Wildman–Crippen LogP) is 0.967. The molecular weight excluding hydrogens is 360 g/mol. The van der Waals surface area contributed by atoms with E-state index in [4.69, 9.17) is 0 Å². The Bertz CT molecular complexity index is 891. The van der Waals surface area contributed by atoms with Gasteiger partial charge in [0.15, 0.2) is 0 Å². The molecule has 1 aliphatic rings. The quantitative estimate of drug-likeness (QED) is 0.678. The highest BCUT2D eigenvalue weighted by atomic mass is 32.1. The molecule has 10 heteroatoms. The lowest BCUT2D eigenvalue weighted by Gasteiger charge is -2.33. The summed E-state index contributed by atoms with van der Waals surface area (Å²) in [5.74, 6) is 0.0791. The van der Waals surface area contributed by atoms with Crippen molar-refractivity contribution in [3.63, 3.8) is 0 Å². The van der Waals surface area contributed by atoms with Crippen molar-refractivity contribution in [1.82, 2.24) is 29.6 Å². The molecule has 1 saturated heterocycles. The monoisotopic (exact) mass is 376 g/mol. The number of thiophene rings is 2. The predicted molar refractivity (Wildman–Crippen MR) is 95.3 cm³/mol. The molecule has 0 N–H and O–H groups in total. The van der Waals surface area contributed by atoms with E-state index in [1.807, 2.05) is 39.9 Å². The number of tetrazole rings is 1. The lowest BCUT2D eigenvalue weighted by atomic mass is 10.3. The Kier molecular flexibility index (Phi) is 4.47. The van der Waals surface area contributed by atoms with Crippen molar-refractivity contribution < 1.29 is 4.79 Å². The van der Waals surface area contributed by atoms with Crippen molar-refractivity contribution >= 4 is 28.6 Å². The SMILES string of the molecule is O=C(c1cccs1)N1CCN(Cn2nnn(-c3cccs3)c2=O)CC1. The molecule has 0 spiro atoms. The highest BCUT2D eigenvalue weighted by Gasteiger charge is 2.23. The van der Waals surface area contributed by atoms with Crippen LogP contribution in [0.1, 0.15) is 9.67 Å². The summed E-state index contributed by atoms with van der Waals surface area (Å²) >= 11 is 2.90. The van der Waals surface area contributed by atoms with E-state index in [0.29, 0.717) is 32.8 Å². The standard InChI is InChI=1S/C15H16N6O2S2/c22-14(12-3-1-9-24-12)19-7-5-18(6-8-19)11-20-15(23)21(17-16-20)13-4-2-10-25-13/h1-4,9-10H,5-8,11H2. The second-order valence-electron chi connectivity index (χ2n) is 5.65. The zero-order chi connectivity index (χ0) is 17.2. The van der Waals surface area contributed by atoms with Crippen LogP contribution in [0.25, 0.3) is 5.00 Å². The molecule has 0 bridgehead atoms. The molecule has 3 aromatic heterocycles. The van der Waals surface area contributed by atoms with Crippen LogP contribution >= 0.6 is 22.7 Å². The first-order valence-electron chi connectivity index (χ1n) is 7.84. The van der Waals surface area contributed by atoms with Crippen LogP contribution in [-0.4, -0.2) is 61.7 Å². The van der Waals surface area contributed by atoms with Crippen molar-refractivity contribution in [3.05, 3.63) is 50.4 Å². The van der Waals surface area contributed by atoms with Crippen molar-refractivity contribution in [2.24, 2.45) is 0 Å². The maximum Gasteiger partial charge on any atom is 0.370 e. The van der Waals surface area contributed by atoms with E-state index in [1.54, 1.807) is 0 Å². The Morgan fingerprint density at radius 3 is 2.48 bits per heavy atom. The second kappa shape index (κ2) is 6.90. The van der Waals surface area contributed by atoms with Gasteiger partial charge >= 0.3 is 5.69 Å². The van der Waals surface area contributed by atoms with Crippen molar-refractivity contribution in [2.45, 2.75) is 6.67 Å². The summed E-state index contributed by atoms with van der Waals surface area (Å²) in [4.78, 5) is 29.5. The van der Waals surface area contributed by atoms with Crippen molar-refractivity contribution in [1.29, 1.82) is 0 Å². The van der Waals surface area contributed by atoms with Gasteiger partial charge in [-0.2, -0.15) is 9.36 Å². The lowest BCUT2D eigenvalue weighted by molar-refractivity contribution is 0.0587. The first-order chi connectivity index (χ1) is 12.2. The van der Waals surface area contributed by atoms with Crippen LogP contribution in [-0.2, 0) is 6.67 Å². The summed E-state index contributed by atoms with van der Waals surface area (Å²) < 4.78 is 2.66. The van der Waals surface area contributed by atoms with E-state index in [1.165, 1.54) is 32.0 Å².